The van der Waals surface area contributed by atoms with Gasteiger partial charge in [-0.05, 0) is 25.5 Å². The van der Waals surface area contributed by atoms with Gasteiger partial charge >= 0.3 is 0 Å². The van der Waals surface area contributed by atoms with Crippen molar-refractivity contribution in [2.75, 3.05) is 5.32 Å². The number of nitrogens with one attached hydrogen (secondary N) is 1. The van der Waals surface area contributed by atoms with Crippen molar-refractivity contribution in [3.8, 4) is 0 Å². The Kier molecular flexibility index (Phi) is 3.19. The lowest BCUT2D eigenvalue weighted by Gasteiger charge is -2.10. The molecule has 0 aliphatic rings. The molecule has 1 aromatic rings. The molecule has 76 valence electrons. The maximum Gasteiger partial charge on any atom is 0.241 e. The molecule has 1 aromatic carbocycles. The van der Waals surface area contributed by atoms with Crippen molar-refractivity contribution < 1.29 is 9.18 Å². The summed E-state index contributed by atoms with van der Waals surface area (Å²) in [5.74, 6) is -0.836. The zero-order valence-corrected chi connectivity index (χ0v) is 8.17. The highest BCUT2D eigenvalue weighted by atomic mass is 19.1. The summed E-state index contributed by atoms with van der Waals surface area (Å²) >= 11 is 0. The number of hydrogen-bond acceptors (Lipinski definition) is 2. The number of carbonyl (C=O) groups is 1. The minimum atomic E-state index is -0.644. The zero-order valence-electron chi connectivity index (χ0n) is 8.17. The van der Waals surface area contributed by atoms with Crippen LogP contribution in [0, 0.1) is 12.7 Å². The summed E-state index contributed by atoms with van der Waals surface area (Å²) in [4.78, 5) is 11.2. The van der Waals surface area contributed by atoms with Crippen LogP contribution in [0.2, 0.25) is 0 Å². The Balaban J connectivity index is 2.91. The summed E-state index contributed by atoms with van der Waals surface area (Å²) in [7, 11) is 0. The molecule has 0 spiro atoms. The van der Waals surface area contributed by atoms with Crippen molar-refractivity contribution in [3.05, 3.63) is 29.6 Å². The van der Waals surface area contributed by atoms with Gasteiger partial charge in [-0.3, -0.25) is 4.79 Å². The number of halogens is 1. The van der Waals surface area contributed by atoms with Crippen LogP contribution in [0.1, 0.15) is 12.5 Å². The van der Waals surface area contributed by atoms with Gasteiger partial charge in [0.25, 0.3) is 0 Å². The van der Waals surface area contributed by atoms with Crippen LogP contribution in [-0.4, -0.2) is 11.9 Å². The molecular weight excluding hydrogens is 183 g/mol. The van der Waals surface area contributed by atoms with E-state index in [4.69, 9.17) is 5.73 Å². The smallest absolute Gasteiger partial charge is 0.241 e. The molecule has 4 heteroatoms. The summed E-state index contributed by atoms with van der Waals surface area (Å²) in [5.41, 5.74) is 6.23. The van der Waals surface area contributed by atoms with E-state index in [1.807, 2.05) is 0 Å². The molecule has 1 rings (SSSR count). The van der Waals surface area contributed by atoms with Crippen molar-refractivity contribution in [2.24, 2.45) is 5.73 Å². The van der Waals surface area contributed by atoms with Gasteiger partial charge in [-0.1, -0.05) is 12.1 Å². The second kappa shape index (κ2) is 4.19. The second-order valence-corrected chi connectivity index (χ2v) is 3.21. The molecule has 0 radical (unpaired) electrons. The lowest BCUT2D eigenvalue weighted by molar-refractivity contribution is -0.117. The molecule has 0 aliphatic heterocycles. The Labute approximate surface area is 82.1 Å². The molecule has 1 amide bonds. The summed E-state index contributed by atoms with van der Waals surface area (Å²) in [5, 5.41) is 2.44. The van der Waals surface area contributed by atoms with Crippen LogP contribution >= 0.6 is 0 Å². The molecule has 0 saturated heterocycles. The lowest BCUT2D eigenvalue weighted by atomic mass is 10.2. The Morgan fingerprint density at radius 1 is 1.57 bits per heavy atom. The van der Waals surface area contributed by atoms with Crippen molar-refractivity contribution in [1.82, 2.24) is 0 Å². The number of amides is 1. The van der Waals surface area contributed by atoms with Gasteiger partial charge < -0.3 is 11.1 Å². The third kappa shape index (κ3) is 2.29. The maximum absolute atomic E-state index is 13.2. The van der Waals surface area contributed by atoms with E-state index in [2.05, 4.69) is 5.32 Å². The summed E-state index contributed by atoms with van der Waals surface area (Å²) in [6.07, 6.45) is 0. The van der Waals surface area contributed by atoms with E-state index >= 15 is 0 Å². The monoisotopic (exact) mass is 196 g/mol. The van der Waals surface area contributed by atoms with Gasteiger partial charge in [0.05, 0.1) is 11.7 Å². The maximum atomic E-state index is 13.2. The Hall–Kier alpha value is -1.42. The normalized spacial score (nSPS) is 12.3. The van der Waals surface area contributed by atoms with Crippen molar-refractivity contribution in [2.45, 2.75) is 19.9 Å². The molecule has 0 aromatic heterocycles. The third-order valence-electron chi connectivity index (χ3n) is 1.88. The number of para-hydroxylation sites is 1. The second-order valence-electron chi connectivity index (χ2n) is 3.21. The molecule has 0 heterocycles. The first kappa shape index (κ1) is 10.7. The highest BCUT2D eigenvalue weighted by molar-refractivity contribution is 5.95. The van der Waals surface area contributed by atoms with Crippen molar-refractivity contribution in [3.63, 3.8) is 0 Å². The van der Waals surface area contributed by atoms with Crippen LogP contribution in [0.15, 0.2) is 18.2 Å². The molecule has 0 aliphatic carbocycles. The van der Waals surface area contributed by atoms with E-state index in [9.17, 15) is 9.18 Å². The van der Waals surface area contributed by atoms with Crippen LogP contribution in [0.5, 0.6) is 0 Å². The van der Waals surface area contributed by atoms with E-state index in [0.717, 1.165) is 0 Å². The summed E-state index contributed by atoms with van der Waals surface area (Å²) < 4.78 is 13.2. The highest BCUT2D eigenvalue weighted by Crippen LogP contribution is 2.18. The number of benzene rings is 1. The fraction of sp³-hybridized carbons (Fsp3) is 0.300. The van der Waals surface area contributed by atoms with E-state index in [1.165, 1.54) is 6.07 Å². The SMILES string of the molecule is Cc1cccc(F)c1NC(=O)[C@H](C)N. The van der Waals surface area contributed by atoms with Gasteiger partial charge in [-0.2, -0.15) is 0 Å². The molecule has 0 bridgehead atoms. The average Bonchev–Trinajstić information content (AvgIpc) is 2.11. The number of anilines is 1. The van der Waals surface area contributed by atoms with Crippen LogP contribution in [0.25, 0.3) is 0 Å². The summed E-state index contributed by atoms with van der Waals surface area (Å²) in [6.45, 7) is 3.27. The molecule has 0 unspecified atom stereocenters. The van der Waals surface area contributed by atoms with Gasteiger partial charge in [-0.25, -0.2) is 4.39 Å². The predicted molar refractivity (Wildman–Crippen MR) is 53.4 cm³/mol. The molecule has 0 saturated carbocycles. The lowest BCUT2D eigenvalue weighted by Crippen LogP contribution is -2.33. The molecular formula is C10H13FN2O. The quantitative estimate of drug-likeness (QED) is 0.751. The number of rotatable bonds is 2. The van der Waals surface area contributed by atoms with E-state index in [-0.39, 0.29) is 5.69 Å². The molecule has 3 nitrogen and oxygen atoms in total. The largest absolute Gasteiger partial charge is 0.322 e. The molecule has 14 heavy (non-hydrogen) atoms. The topological polar surface area (TPSA) is 55.1 Å². The average molecular weight is 196 g/mol. The Morgan fingerprint density at radius 2 is 2.21 bits per heavy atom. The number of aryl methyl sites for hydroxylation is 1. The first-order chi connectivity index (χ1) is 6.52. The zero-order chi connectivity index (χ0) is 10.7. The van der Waals surface area contributed by atoms with Gasteiger partial charge in [-0.15, -0.1) is 0 Å². The van der Waals surface area contributed by atoms with Gasteiger partial charge in [0, 0.05) is 0 Å². The van der Waals surface area contributed by atoms with Crippen LogP contribution in [0.4, 0.5) is 10.1 Å². The van der Waals surface area contributed by atoms with Crippen LogP contribution < -0.4 is 11.1 Å². The minimum absolute atomic E-state index is 0.204. The Bertz CT molecular complexity index is 330. The fourth-order valence-corrected chi connectivity index (χ4v) is 1.03. The van der Waals surface area contributed by atoms with Gasteiger partial charge in [0.2, 0.25) is 5.91 Å². The number of carbonyl (C=O) groups excluding carboxylic acids is 1. The van der Waals surface area contributed by atoms with E-state index < -0.39 is 17.8 Å². The Morgan fingerprint density at radius 3 is 2.71 bits per heavy atom. The molecule has 3 N–H and O–H groups in total. The van der Waals surface area contributed by atoms with Crippen LogP contribution in [-0.2, 0) is 4.79 Å². The standard InChI is InChI=1S/C10H13FN2O/c1-6-4-3-5-8(11)9(6)13-10(14)7(2)12/h3-5,7H,12H2,1-2H3,(H,13,14)/t7-/m0/s1. The summed E-state index contributed by atoms with van der Waals surface area (Å²) in [6, 6.07) is 3.96. The first-order valence-electron chi connectivity index (χ1n) is 4.34. The van der Waals surface area contributed by atoms with E-state index in [0.29, 0.717) is 5.56 Å². The molecule has 1 atom stereocenters. The van der Waals surface area contributed by atoms with Gasteiger partial charge in [0.15, 0.2) is 0 Å². The number of hydrogen-bond donors (Lipinski definition) is 2. The van der Waals surface area contributed by atoms with Crippen LogP contribution in [0.3, 0.4) is 0 Å². The molecule has 0 fully saturated rings. The predicted octanol–water partition coefficient (Wildman–Crippen LogP) is 1.42. The third-order valence-corrected chi connectivity index (χ3v) is 1.88. The fourth-order valence-electron chi connectivity index (χ4n) is 1.03. The van der Waals surface area contributed by atoms with Gasteiger partial charge in [0.1, 0.15) is 5.82 Å². The number of nitrogens with two attached hydrogens (primary N) is 1. The first-order valence-corrected chi connectivity index (χ1v) is 4.34. The highest BCUT2D eigenvalue weighted by Gasteiger charge is 2.11. The van der Waals surface area contributed by atoms with Crippen molar-refractivity contribution >= 4 is 11.6 Å². The van der Waals surface area contributed by atoms with E-state index in [1.54, 1.807) is 26.0 Å². The van der Waals surface area contributed by atoms with Crippen molar-refractivity contribution in [1.29, 1.82) is 0 Å². The minimum Gasteiger partial charge on any atom is -0.322 e.